The van der Waals surface area contributed by atoms with E-state index in [0.29, 0.717) is 5.92 Å². The van der Waals surface area contributed by atoms with Crippen LogP contribution in [0.4, 0.5) is 5.95 Å². The van der Waals surface area contributed by atoms with E-state index < -0.39 is 0 Å². The van der Waals surface area contributed by atoms with Crippen molar-refractivity contribution in [1.82, 2.24) is 9.97 Å². The van der Waals surface area contributed by atoms with E-state index in [9.17, 15) is 0 Å². The van der Waals surface area contributed by atoms with Crippen LogP contribution in [0.2, 0.25) is 0 Å². The second kappa shape index (κ2) is 10.7. The first-order chi connectivity index (χ1) is 13.7. The topological polar surface area (TPSA) is 38.2 Å². The number of aromatic nitrogens is 2. The van der Waals surface area contributed by atoms with Gasteiger partial charge in [0.15, 0.2) is 0 Å². The van der Waals surface area contributed by atoms with E-state index in [4.69, 9.17) is 4.74 Å². The van der Waals surface area contributed by atoms with Crippen molar-refractivity contribution in [2.45, 2.75) is 50.8 Å². The Morgan fingerprint density at radius 2 is 1.82 bits per heavy atom. The third-order valence-corrected chi connectivity index (χ3v) is 6.50. The number of rotatable bonds is 9. The van der Waals surface area contributed by atoms with Gasteiger partial charge in [0, 0.05) is 30.4 Å². The number of piperidine rings is 1. The Labute approximate surface area is 174 Å². The van der Waals surface area contributed by atoms with E-state index in [1.165, 1.54) is 23.3 Å². The molecular formula is C23H33N3OS. The summed E-state index contributed by atoms with van der Waals surface area (Å²) in [6, 6.07) is 8.38. The van der Waals surface area contributed by atoms with Gasteiger partial charge >= 0.3 is 0 Å². The molecule has 1 aromatic carbocycles. The lowest BCUT2D eigenvalue weighted by atomic mass is 9.84. The van der Waals surface area contributed by atoms with Crippen LogP contribution in [0, 0.1) is 11.8 Å². The minimum atomic E-state index is 0.681. The van der Waals surface area contributed by atoms with Crippen molar-refractivity contribution < 1.29 is 4.74 Å². The fourth-order valence-corrected chi connectivity index (χ4v) is 4.28. The molecule has 1 aliphatic rings. The first-order valence-corrected chi connectivity index (χ1v) is 11.7. The maximum atomic E-state index is 5.95. The van der Waals surface area contributed by atoms with Crippen LogP contribution in [0.25, 0.3) is 0 Å². The summed E-state index contributed by atoms with van der Waals surface area (Å²) in [5, 5.41) is 0. The summed E-state index contributed by atoms with van der Waals surface area (Å²) in [5.41, 5.74) is 1.23. The Morgan fingerprint density at radius 3 is 2.43 bits per heavy atom. The highest BCUT2D eigenvalue weighted by Crippen LogP contribution is 2.29. The Morgan fingerprint density at radius 1 is 1.14 bits per heavy atom. The quantitative estimate of drug-likeness (QED) is 0.523. The summed E-state index contributed by atoms with van der Waals surface area (Å²) < 4.78 is 5.95. The number of benzene rings is 1. The molecule has 0 spiro atoms. The Bertz CT molecular complexity index is 697. The number of aryl methyl sites for hydroxylation is 1. The van der Waals surface area contributed by atoms with Crippen molar-refractivity contribution in [2.75, 3.05) is 30.9 Å². The van der Waals surface area contributed by atoms with E-state index in [0.717, 1.165) is 56.6 Å². The molecule has 1 fully saturated rings. The number of ether oxygens (including phenoxy) is 1. The summed E-state index contributed by atoms with van der Waals surface area (Å²) in [7, 11) is 0. The van der Waals surface area contributed by atoms with Gasteiger partial charge in [-0.2, -0.15) is 0 Å². The summed E-state index contributed by atoms with van der Waals surface area (Å²) >= 11 is 1.76. The zero-order chi connectivity index (χ0) is 19.8. The molecule has 5 heteroatoms. The second-order valence-corrected chi connectivity index (χ2v) is 8.64. The minimum absolute atomic E-state index is 0.681. The van der Waals surface area contributed by atoms with Crippen LogP contribution < -0.4 is 9.64 Å². The van der Waals surface area contributed by atoms with Gasteiger partial charge in [0.2, 0.25) is 5.95 Å². The Hall–Kier alpha value is -1.75. The van der Waals surface area contributed by atoms with Gasteiger partial charge in [-0.25, -0.2) is 9.97 Å². The number of hydrogen-bond donors (Lipinski definition) is 0. The standard InChI is InChI=1S/C23H33N3OS/c1-4-5-19-16-24-23(25-17-19)26-13-10-20(11-14-26)18(2)12-15-27-21-6-8-22(28-3)9-7-21/h6-9,16-18,20H,4-5,10-15H2,1-3H3/t18-/m1/s1. The lowest BCUT2D eigenvalue weighted by Gasteiger charge is -2.35. The third-order valence-electron chi connectivity index (χ3n) is 5.76. The largest absolute Gasteiger partial charge is 0.494 e. The van der Waals surface area contributed by atoms with Gasteiger partial charge in [-0.3, -0.25) is 0 Å². The highest BCUT2D eigenvalue weighted by Gasteiger charge is 2.25. The van der Waals surface area contributed by atoms with Crippen LogP contribution in [0.15, 0.2) is 41.6 Å². The molecule has 1 aromatic heterocycles. The van der Waals surface area contributed by atoms with Crippen LogP contribution in [-0.2, 0) is 6.42 Å². The lowest BCUT2D eigenvalue weighted by Crippen LogP contribution is -2.37. The van der Waals surface area contributed by atoms with E-state index in [1.54, 1.807) is 11.8 Å². The molecule has 0 bridgehead atoms. The third kappa shape index (κ3) is 5.87. The lowest BCUT2D eigenvalue weighted by molar-refractivity contribution is 0.222. The summed E-state index contributed by atoms with van der Waals surface area (Å²) in [5.74, 6) is 3.31. The van der Waals surface area contributed by atoms with E-state index in [1.807, 2.05) is 12.4 Å². The molecule has 4 nitrogen and oxygen atoms in total. The molecule has 1 atom stereocenters. The van der Waals surface area contributed by atoms with Crippen molar-refractivity contribution in [3.8, 4) is 5.75 Å². The average Bonchev–Trinajstić information content (AvgIpc) is 2.75. The molecule has 0 aliphatic carbocycles. The van der Waals surface area contributed by atoms with Gasteiger partial charge in [0.25, 0.3) is 0 Å². The normalized spacial score (nSPS) is 16.2. The summed E-state index contributed by atoms with van der Waals surface area (Å²) in [4.78, 5) is 12.8. The molecule has 2 aromatic rings. The van der Waals surface area contributed by atoms with E-state index in [-0.39, 0.29) is 0 Å². The summed E-state index contributed by atoms with van der Waals surface area (Å²) in [6.45, 7) is 7.46. The molecule has 0 saturated carbocycles. The van der Waals surface area contributed by atoms with Crippen molar-refractivity contribution >= 4 is 17.7 Å². The maximum absolute atomic E-state index is 5.95. The van der Waals surface area contributed by atoms with Crippen LogP contribution in [0.1, 0.15) is 45.1 Å². The van der Waals surface area contributed by atoms with Crippen LogP contribution in [-0.4, -0.2) is 35.9 Å². The van der Waals surface area contributed by atoms with Crippen molar-refractivity contribution in [2.24, 2.45) is 11.8 Å². The first kappa shape index (κ1) is 21.0. The predicted molar refractivity (Wildman–Crippen MR) is 118 cm³/mol. The van der Waals surface area contributed by atoms with Gasteiger partial charge in [0.1, 0.15) is 5.75 Å². The van der Waals surface area contributed by atoms with Crippen molar-refractivity contribution in [1.29, 1.82) is 0 Å². The van der Waals surface area contributed by atoms with Crippen molar-refractivity contribution in [3.05, 3.63) is 42.2 Å². The highest BCUT2D eigenvalue weighted by atomic mass is 32.2. The Balaban J connectivity index is 1.39. The molecule has 0 N–H and O–H groups in total. The number of anilines is 1. The molecule has 0 radical (unpaired) electrons. The van der Waals surface area contributed by atoms with E-state index in [2.05, 4.69) is 59.2 Å². The predicted octanol–water partition coefficient (Wildman–Crippen LogP) is 5.47. The van der Waals surface area contributed by atoms with Gasteiger partial charge in [-0.1, -0.05) is 20.3 Å². The van der Waals surface area contributed by atoms with Gasteiger partial charge in [0.05, 0.1) is 6.61 Å². The molecule has 28 heavy (non-hydrogen) atoms. The maximum Gasteiger partial charge on any atom is 0.225 e. The fourth-order valence-electron chi connectivity index (χ4n) is 3.87. The number of thioether (sulfide) groups is 1. The second-order valence-electron chi connectivity index (χ2n) is 7.76. The van der Waals surface area contributed by atoms with Crippen LogP contribution in [0.3, 0.4) is 0 Å². The molecule has 0 amide bonds. The molecular weight excluding hydrogens is 366 g/mol. The molecule has 0 unspecified atom stereocenters. The van der Waals surface area contributed by atoms with Gasteiger partial charge in [-0.05, 0) is 73.6 Å². The van der Waals surface area contributed by atoms with Crippen LogP contribution >= 0.6 is 11.8 Å². The van der Waals surface area contributed by atoms with E-state index >= 15 is 0 Å². The van der Waals surface area contributed by atoms with Crippen LogP contribution in [0.5, 0.6) is 5.75 Å². The molecule has 3 rings (SSSR count). The SMILES string of the molecule is CCCc1cnc(N2CCC([C@H](C)CCOc3ccc(SC)cc3)CC2)nc1. The first-order valence-electron chi connectivity index (χ1n) is 10.5. The molecule has 152 valence electrons. The highest BCUT2D eigenvalue weighted by molar-refractivity contribution is 7.98. The van der Waals surface area contributed by atoms with Gasteiger partial charge < -0.3 is 9.64 Å². The van der Waals surface area contributed by atoms with Gasteiger partial charge in [-0.15, -0.1) is 11.8 Å². The minimum Gasteiger partial charge on any atom is -0.494 e. The molecule has 1 aliphatic heterocycles. The van der Waals surface area contributed by atoms with Crippen molar-refractivity contribution in [3.63, 3.8) is 0 Å². The summed E-state index contributed by atoms with van der Waals surface area (Å²) in [6.07, 6.45) is 11.8. The number of nitrogens with zero attached hydrogens (tertiary/aromatic N) is 3. The number of hydrogen-bond acceptors (Lipinski definition) is 5. The fraction of sp³-hybridized carbons (Fsp3) is 0.565. The molecule has 2 heterocycles. The molecule has 1 saturated heterocycles. The monoisotopic (exact) mass is 399 g/mol. The zero-order valence-corrected chi connectivity index (χ0v) is 18.3. The zero-order valence-electron chi connectivity index (χ0n) is 17.4. The smallest absolute Gasteiger partial charge is 0.225 e. The average molecular weight is 400 g/mol. The Kier molecular flexibility index (Phi) is 8.01.